The van der Waals surface area contributed by atoms with Gasteiger partial charge in [-0.3, -0.25) is 4.90 Å². The summed E-state index contributed by atoms with van der Waals surface area (Å²) in [5.41, 5.74) is 6.21. The van der Waals surface area contributed by atoms with Crippen LogP contribution >= 0.6 is 0 Å². The molecule has 1 aliphatic rings. The second kappa shape index (κ2) is 7.66. The Morgan fingerprint density at radius 2 is 1.59 bits per heavy atom. The molecular formula is C20H31N3O4. The van der Waals surface area contributed by atoms with E-state index in [1.807, 2.05) is 59.7 Å². The summed E-state index contributed by atoms with van der Waals surface area (Å²) in [6.07, 6.45) is -0.793. The van der Waals surface area contributed by atoms with Gasteiger partial charge in [0, 0.05) is 25.3 Å². The van der Waals surface area contributed by atoms with E-state index in [0.29, 0.717) is 25.3 Å². The molecule has 150 valence electrons. The standard InChI is InChI=1S/C20H31N3O4/c1-19(2,3)26-17(24)22-10-11-23(18(25)27-20(4,5)6)16(13-22)14-8-7-9-15(21)12-14/h7-9,12,16H,10-11,13,21H2,1-6H3. The van der Waals surface area contributed by atoms with Gasteiger partial charge in [-0.25, -0.2) is 9.59 Å². The average Bonchev–Trinajstić information content (AvgIpc) is 2.51. The molecule has 2 N–H and O–H groups in total. The molecule has 0 radical (unpaired) electrons. The molecule has 1 atom stereocenters. The van der Waals surface area contributed by atoms with Crippen LogP contribution in [0.5, 0.6) is 0 Å². The van der Waals surface area contributed by atoms with Crippen molar-refractivity contribution in [3.05, 3.63) is 29.8 Å². The SMILES string of the molecule is CC(C)(C)OC(=O)N1CCN(C(=O)OC(C)(C)C)C(c2cccc(N)c2)C1. The molecule has 2 rings (SSSR count). The van der Waals surface area contributed by atoms with Crippen LogP contribution in [-0.2, 0) is 9.47 Å². The molecule has 1 unspecified atom stereocenters. The lowest BCUT2D eigenvalue weighted by atomic mass is 10.0. The molecule has 0 spiro atoms. The quantitative estimate of drug-likeness (QED) is 0.753. The van der Waals surface area contributed by atoms with Gasteiger partial charge in [0.15, 0.2) is 0 Å². The van der Waals surface area contributed by atoms with Gasteiger partial charge in [-0.05, 0) is 59.2 Å². The smallest absolute Gasteiger partial charge is 0.410 e. The van der Waals surface area contributed by atoms with Crippen LogP contribution in [0.4, 0.5) is 15.3 Å². The molecule has 2 amide bonds. The van der Waals surface area contributed by atoms with Crippen molar-refractivity contribution >= 4 is 17.9 Å². The maximum absolute atomic E-state index is 12.7. The number of anilines is 1. The molecule has 1 saturated heterocycles. The highest BCUT2D eigenvalue weighted by Crippen LogP contribution is 2.29. The topological polar surface area (TPSA) is 85.1 Å². The Morgan fingerprint density at radius 3 is 2.15 bits per heavy atom. The maximum atomic E-state index is 12.7. The summed E-state index contributed by atoms with van der Waals surface area (Å²) in [5, 5.41) is 0. The normalized spacial score (nSPS) is 18.2. The van der Waals surface area contributed by atoms with Crippen molar-refractivity contribution < 1.29 is 19.1 Å². The number of nitrogens with two attached hydrogens (primary N) is 1. The third-order valence-corrected chi connectivity index (χ3v) is 3.96. The number of benzene rings is 1. The highest BCUT2D eigenvalue weighted by molar-refractivity contribution is 5.71. The largest absolute Gasteiger partial charge is 0.444 e. The van der Waals surface area contributed by atoms with E-state index in [0.717, 1.165) is 5.56 Å². The predicted molar refractivity (Wildman–Crippen MR) is 104 cm³/mol. The Hall–Kier alpha value is -2.44. The van der Waals surface area contributed by atoms with Gasteiger partial charge in [0.1, 0.15) is 11.2 Å². The van der Waals surface area contributed by atoms with Crippen molar-refractivity contribution in [3.8, 4) is 0 Å². The number of hydrogen-bond acceptors (Lipinski definition) is 5. The maximum Gasteiger partial charge on any atom is 0.410 e. The van der Waals surface area contributed by atoms with Gasteiger partial charge in [-0.15, -0.1) is 0 Å². The monoisotopic (exact) mass is 377 g/mol. The van der Waals surface area contributed by atoms with Crippen LogP contribution in [-0.4, -0.2) is 52.8 Å². The fraction of sp³-hybridized carbons (Fsp3) is 0.600. The van der Waals surface area contributed by atoms with E-state index < -0.39 is 17.3 Å². The molecule has 0 aromatic heterocycles. The number of hydrogen-bond donors (Lipinski definition) is 1. The minimum absolute atomic E-state index is 0.317. The summed E-state index contributed by atoms with van der Waals surface area (Å²) in [6, 6.07) is 6.99. The Morgan fingerprint density at radius 1 is 1.00 bits per heavy atom. The number of carbonyl (C=O) groups excluding carboxylic acids is 2. The number of piperazine rings is 1. The predicted octanol–water partition coefficient (Wildman–Crippen LogP) is 3.80. The second-order valence-electron chi connectivity index (χ2n) is 8.79. The van der Waals surface area contributed by atoms with Crippen molar-refractivity contribution in [1.82, 2.24) is 9.80 Å². The molecule has 0 bridgehead atoms. The zero-order chi connectivity index (χ0) is 20.4. The molecule has 1 fully saturated rings. The van der Waals surface area contributed by atoms with Gasteiger partial charge in [-0.2, -0.15) is 0 Å². The van der Waals surface area contributed by atoms with Crippen LogP contribution in [0.3, 0.4) is 0 Å². The minimum atomic E-state index is -0.598. The summed E-state index contributed by atoms with van der Waals surface area (Å²) >= 11 is 0. The van der Waals surface area contributed by atoms with Crippen molar-refractivity contribution in [2.45, 2.75) is 58.8 Å². The Kier molecular flexibility index (Phi) is 5.92. The number of nitrogen functional groups attached to an aromatic ring is 1. The Labute approximate surface area is 161 Å². The van der Waals surface area contributed by atoms with E-state index in [2.05, 4.69) is 0 Å². The van der Waals surface area contributed by atoms with Crippen LogP contribution in [0.25, 0.3) is 0 Å². The molecule has 7 heteroatoms. The number of rotatable bonds is 1. The van der Waals surface area contributed by atoms with E-state index in [4.69, 9.17) is 15.2 Å². The fourth-order valence-corrected chi connectivity index (χ4v) is 2.87. The van der Waals surface area contributed by atoms with E-state index in [1.165, 1.54) is 0 Å². The first-order chi connectivity index (χ1) is 12.4. The van der Waals surface area contributed by atoms with Crippen LogP contribution < -0.4 is 5.73 Å². The lowest BCUT2D eigenvalue weighted by molar-refractivity contribution is -0.0152. The van der Waals surface area contributed by atoms with Gasteiger partial charge < -0.3 is 20.1 Å². The van der Waals surface area contributed by atoms with E-state index >= 15 is 0 Å². The van der Waals surface area contributed by atoms with Gasteiger partial charge >= 0.3 is 12.2 Å². The summed E-state index contributed by atoms with van der Waals surface area (Å²) < 4.78 is 11.0. The highest BCUT2D eigenvalue weighted by Gasteiger charge is 2.37. The third-order valence-electron chi connectivity index (χ3n) is 3.96. The first-order valence-corrected chi connectivity index (χ1v) is 9.19. The molecule has 1 aliphatic heterocycles. The van der Waals surface area contributed by atoms with E-state index in [1.54, 1.807) is 15.9 Å². The number of amides is 2. The second-order valence-corrected chi connectivity index (χ2v) is 8.79. The third kappa shape index (κ3) is 6.05. The summed E-state index contributed by atoms with van der Waals surface area (Å²) in [4.78, 5) is 28.5. The van der Waals surface area contributed by atoms with Crippen LogP contribution in [0.15, 0.2) is 24.3 Å². The van der Waals surface area contributed by atoms with Gasteiger partial charge in [-0.1, -0.05) is 12.1 Å². The highest BCUT2D eigenvalue weighted by atomic mass is 16.6. The first kappa shape index (κ1) is 20.9. The first-order valence-electron chi connectivity index (χ1n) is 9.19. The number of ether oxygens (including phenoxy) is 2. The Balaban J connectivity index is 2.26. The number of nitrogens with zero attached hydrogens (tertiary/aromatic N) is 2. The summed E-state index contributed by atoms with van der Waals surface area (Å²) in [7, 11) is 0. The minimum Gasteiger partial charge on any atom is -0.444 e. The number of carbonyl (C=O) groups is 2. The van der Waals surface area contributed by atoms with Crippen LogP contribution in [0.1, 0.15) is 53.1 Å². The lowest BCUT2D eigenvalue weighted by Gasteiger charge is -2.42. The zero-order valence-corrected chi connectivity index (χ0v) is 17.1. The summed E-state index contributed by atoms with van der Waals surface area (Å²) in [6.45, 7) is 12.0. The average molecular weight is 377 g/mol. The van der Waals surface area contributed by atoms with Crippen molar-refractivity contribution in [3.63, 3.8) is 0 Å². The molecule has 1 aromatic carbocycles. The molecular weight excluding hydrogens is 346 g/mol. The zero-order valence-electron chi connectivity index (χ0n) is 17.1. The van der Waals surface area contributed by atoms with Gasteiger partial charge in [0.2, 0.25) is 0 Å². The van der Waals surface area contributed by atoms with Crippen molar-refractivity contribution in [2.24, 2.45) is 0 Å². The van der Waals surface area contributed by atoms with Crippen molar-refractivity contribution in [2.75, 3.05) is 25.4 Å². The molecule has 7 nitrogen and oxygen atoms in total. The fourth-order valence-electron chi connectivity index (χ4n) is 2.87. The van der Waals surface area contributed by atoms with Gasteiger partial charge in [0.05, 0.1) is 6.04 Å². The van der Waals surface area contributed by atoms with Crippen LogP contribution in [0.2, 0.25) is 0 Å². The van der Waals surface area contributed by atoms with Crippen molar-refractivity contribution in [1.29, 1.82) is 0 Å². The molecule has 0 saturated carbocycles. The molecule has 0 aliphatic carbocycles. The van der Waals surface area contributed by atoms with Crippen LogP contribution in [0, 0.1) is 0 Å². The lowest BCUT2D eigenvalue weighted by Crippen LogP contribution is -2.54. The molecule has 1 aromatic rings. The van der Waals surface area contributed by atoms with Gasteiger partial charge in [0.25, 0.3) is 0 Å². The summed E-state index contributed by atoms with van der Waals surface area (Å²) in [5.74, 6) is 0. The van der Waals surface area contributed by atoms with E-state index in [-0.39, 0.29) is 12.1 Å². The Bertz CT molecular complexity index is 691. The molecule has 27 heavy (non-hydrogen) atoms. The molecule has 1 heterocycles. The van der Waals surface area contributed by atoms with E-state index in [9.17, 15) is 9.59 Å².